The van der Waals surface area contributed by atoms with Gasteiger partial charge in [0.2, 0.25) is 0 Å². The van der Waals surface area contributed by atoms with E-state index in [-0.39, 0.29) is 23.5 Å². The first-order valence-corrected chi connectivity index (χ1v) is 10.7. The van der Waals surface area contributed by atoms with Gasteiger partial charge in [-0.05, 0) is 49.9 Å². The van der Waals surface area contributed by atoms with Crippen LogP contribution in [0.3, 0.4) is 0 Å². The third-order valence-electron chi connectivity index (χ3n) is 6.02. The summed E-state index contributed by atoms with van der Waals surface area (Å²) in [7, 11) is 0. The predicted molar refractivity (Wildman–Crippen MR) is 117 cm³/mol. The molecule has 0 bridgehead atoms. The molecule has 0 aromatic heterocycles. The molecular formula is C23H26N4O4. The Balaban J connectivity index is 1.38. The maximum Gasteiger partial charge on any atom is 0.293 e. The molecule has 0 unspecified atom stereocenters. The van der Waals surface area contributed by atoms with E-state index in [4.69, 9.17) is 0 Å². The van der Waals surface area contributed by atoms with Gasteiger partial charge in [-0.2, -0.15) is 0 Å². The van der Waals surface area contributed by atoms with Gasteiger partial charge >= 0.3 is 0 Å². The Morgan fingerprint density at radius 1 is 0.935 bits per heavy atom. The molecule has 2 amide bonds. The van der Waals surface area contributed by atoms with Gasteiger partial charge in [-0.15, -0.1) is 0 Å². The van der Waals surface area contributed by atoms with Crippen LogP contribution in [0.4, 0.5) is 11.4 Å². The summed E-state index contributed by atoms with van der Waals surface area (Å²) in [5.74, 6) is -0.317. The monoisotopic (exact) mass is 422 g/mol. The highest BCUT2D eigenvalue weighted by Crippen LogP contribution is 2.32. The molecule has 4 rings (SSSR count). The Hall–Kier alpha value is -3.42. The van der Waals surface area contributed by atoms with E-state index in [0.717, 1.165) is 25.9 Å². The van der Waals surface area contributed by atoms with E-state index < -0.39 is 4.92 Å². The molecule has 8 heteroatoms. The molecule has 0 radical (unpaired) electrons. The van der Waals surface area contributed by atoms with Crippen LogP contribution >= 0.6 is 0 Å². The second-order valence-corrected chi connectivity index (χ2v) is 8.06. The summed E-state index contributed by atoms with van der Waals surface area (Å²) in [4.78, 5) is 40.2. The average molecular weight is 422 g/mol. The van der Waals surface area contributed by atoms with E-state index in [2.05, 4.69) is 5.32 Å². The van der Waals surface area contributed by atoms with Crippen LogP contribution in [0.25, 0.3) is 0 Å². The summed E-state index contributed by atoms with van der Waals surface area (Å²) in [6.07, 6.45) is 3.34. The number of nitro groups is 1. The zero-order chi connectivity index (χ0) is 21.8. The summed E-state index contributed by atoms with van der Waals surface area (Å²) in [5.41, 5.74) is 1.52. The molecule has 162 valence electrons. The van der Waals surface area contributed by atoms with Crippen LogP contribution in [0.15, 0.2) is 48.5 Å². The van der Waals surface area contributed by atoms with E-state index in [0.29, 0.717) is 42.7 Å². The zero-order valence-corrected chi connectivity index (χ0v) is 17.3. The fourth-order valence-electron chi connectivity index (χ4n) is 4.30. The molecule has 2 aliphatic rings. The van der Waals surface area contributed by atoms with Crippen LogP contribution in [0.2, 0.25) is 0 Å². The molecule has 2 aliphatic heterocycles. The number of benzene rings is 2. The van der Waals surface area contributed by atoms with Crippen LogP contribution in [-0.4, -0.2) is 53.9 Å². The third kappa shape index (κ3) is 4.68. The second-order valence-electron chi connectivity index (χ2n) is 8.06. The number of nitrogens with zero attached hydrogens (tertiary/aromatic N) is 3. The molecule has 0 spiro atoms. The van der Waals surface area contributed by atoms with Crippen LogP contribution < -0.4 is 10.2 Å². The molecular weight excluding hydrogens is 396 g/mol. The molecule has 2 aromatic rings. The predicted octanol–water partition coefficient (Wildman–Crippen LogP) is 3.23. The molecule has 0 saturated carbocycles. The van der Waals surface area contributed by atoms with E-state index in [1.165, 1.54) is 6.07 Å². The molecule has 1 N–H and O–H groups in total. The van der Waals surface area contributed by atoms with Crippen molar-refractivity contribution in [2.24, 2.45) is 0 Å². The van der Waals surface area contributed by atoms with Gasteiger partial charge in [-0.1, -0.05) is 18.2 Å². The van der Waals surface area contributed by atoms with Crippen molar-refractivity contribution in [3.8, 4) is 0 Å². The maximum atomic E-state index is 13.0. The zero-order valence-electron chi connectivity index (χ0n) is 17.3. The lowest BCUT2D eigenvalue weighted by Crippen LogP contribution is -2.46. The first-order valence-electron chi connectivity index (χ1n) is 10.7. The topological polar surface area (TPSA) is 95.8 Å². The quantitative estimate of drug-likeness (QED) is 0.590. The summed E-state index contributed by atoms with van der Waals surface area (Å²) >= 11 is 0. The van der Waals surface area contributed by atoms with Crippen LogP contribution in [0.5, 0.6) is 0 Å². The van der Waals surface area contributed by atoms with Gasteiger partial charge in [0.1, 0.15) is 5.69 Å². The van der Waals surface area contributed by atoms with Crippen molar-refractivity contribution in [3.63, 3.8) is 0 Å². The molecule has 2 aromatic carbocycles. The number of carbonyl (C=O) groups excluding carboxylic acids is 2. The number of hydrogen-bond acceptors (Lipinski definition) is 5. The largest absolute Gasteiger partial charge is 0.366 e. The van der Waals surface area contributed by atoms with E-state index in [1.54, 1.807) is 29.2 Å². The van der Waals surface area contributed by atoms with Gasteiger partial charge in [0.05, 0.1) is 4.92 Å². The molecule has 0 aliphatic carbocycles. The minimum absolute atomic E-state index is 0.00337. The molecule has 2 saturated heterocycles. The molecule has 8 nitrogen and oxygen atoms in total. The van der Waals surface area contributed by atoms with Gasteiger partial charge in [0, 0.05) is 49.4 Å². The molecule has 31 heavy (non-hydrogen) atoms. The van der Waals surface area contributed by atoms with Gasteiger partial charge in [0.25, 0.3) is 17.5 Å². The van der Waals surface area contributed by atoms with Gasteiger partial charge in [-0.25, -0.2) is 0 Å². The van der Waals surface area contributed by atoms with Crippen LogP contribution in [0.1, 0.15) is 46.4 Å². The molecule has 2 fully saturated rings. The lowest BCUT2D eigenvalue weighted by atomic mass is 10.0. The van der Waals surface area contributed by atoms with E-state index in [9.17, 15) is 19.7 Å². The van der Waals surface area contributed by atoms with Gasteiger partial charge in [-0.3, -0.25) is 19.7 Å². The molecule has 2 heterocycles. The number of nitrogens with one attached hydrogen (secondary N) is 1. The first-order chi connectivity index (χ1) is 15.0. The third-order valence-corrected chi connectivity index (χ3v) is 6.02. The highest BCUT2D eigenvalue weighted by molar-refractivity contribution is 5.96. The lowest BCUT2D eigenvalue weighted by molar-refractivity contribution is -0.384. The fraction of sp³-hybridized carbons (Fsp3) is 0.391. The summed E-state index contributed by atoms with van der Waals surface area (Å²) in [6, 6.07) is 13.8. The van der Waals surface area contributed by atoms with Gasteiger partial charge in [0.15, 0.2) is 0 Å². The summed E-state index contributed by atoms with van der Waals surface area (Å²) in [6.45, 7) is 2.60. The Bertz CT molecular complexity index is 965. The second kappa shape index (κ2) is 9.16. The van der Waals surface area contributed by atoms with Crippen molar-refractivity contribution in [1.82, 2.24) is 10.2 Å². The Morgan fingerprint density at radius 2 is 1.61 bits per heavy atom. The number of piperidine rings is 1. The van der Waals surface area contributed by atoms with Crippen molar-refractivity contribution < 1.29 is 14.5 Å². The van der Waals surface area contributed by atoms with Crippen molar-refractivity contribution in [2.45, 2.75) is 31.7 Å². The molecule has 0 atom stereocenters. The Morgan fingerprint density at radius 3 is 2.26 bits per heavy atom. The van der Waals surface area contributed by atoms with Gasteiger partial charge < -0.3 is 15.1 Å². The smallest absolute Gasteiger partial charge is 0.293 e. The number of carbonyl (C=O) groups is 2. The van der Waals surface area contributed by atoms with Crippen molar-refractivity contribution in [1.29, 1.82) is 0 Å². The summed E-state index contributed by atoms with van der Waals surface area (Å²) < 4.78 is 0. The highest BCUT2D eigenvalue weighted by Gasteiger charge is 2.28. The number of amides is 2. The lowest BCUT2D eigenvalue weighted by Gasteiger charge is -2.32. The van der Waals surface area contributed by atoms with Crippen LogP contribution in [-0.2, 0) is 0 Å². The van der Waals surface area contributed by atoms with E-state index >= 15 is 0 Å². The summed E-state index contributed by atoms with van der Waals surface area (Å²) in [5, 5.41) is 14.6. The number of rotatable bonds is 5. The fourth-order valence-corrected chi connectivity index (χ4v) is 4.30. The maximum absolute atomic E-state index is 13.0. The average Bonchev–Trinajstić information content (AvgIpc) is 3.34. The van der Waals surface area contributed by atoms with Crippen molar-refractivity contribution in [2.75, 3.05) is 31.1 Å². The number of anilines is 1. The minimum atomic E-state index is -0.407. The number of nitro benzene ring substituents is 1. The normalized spacial score (nSPS) is 16.9. The minimum Gasteiger partial charge on any atom is -0.366 e. The highest BCUT2D eigenvalue weighted by atomic mass is 16.6. The van der Waals surface area contributed by atoms with Crippen molar-refractivity contribution in [3.05, 3.63) is 69.8 Å². The van der Waals surface area contributed by atoms with Crippen LogP contribution in [0, 0.1) is 10.1 Å². The van der Waals surface area contributed by atoms with Crippen molar-refractivity contribution >= 4 is 23.2 Å². The SMILES string of the molecule is O=C(NC1CCN(C(=O)c2ccc(N3CCCC3)c([N+](=O)[O-])c2)CC1)c1ccccc1. The Kier molecular flexibility index (Phi) is 6.16. The standard InChI is InChI=1S/C23H26N4O4/c28-22(17-6-2-1-3-7-17)24-19-10-14-26(15-11-19)23(29)18-8-9-20(21(16-18)27(30)31)25-12-4-5-13-25/h1-3,6-9,16,19H,4-5,10-15H2,(H,24,28). The first kappa shape index (κ1) is 20.8. The number of likely N-dealkylation sites (tertiary alicyclic amines) is 1. The van der Waals surface area contributed by atoms with E-state index in [1.807, 2.05) is 23.1 Å². The Labute approximate surface area is 181 Å². The number of hydrogen-bond donors (Lipinski definition) is 1.